The molecule has 1 aliphatic rings. The van der Waals surface area contributed by atoms with Gasteiger partial charge in [0.2, 0.25) is 0 Å². The lowest BCUT2D eigenvalue weighted by Gasteiger charge is -2.31. The molecule has 0 aliphatic carbocycles. The minimum atomic E-state index is -0.664. The lowest BCUT2D eigenvalue weighted by molar-refractivity contribution is -0.138. The van der Waals surface area contributed by atoms with E-state index in [1.54, 1.807) is 0 Å². The number of likely N-dealkylation sites (tertiary alicyclic amines) is 1. The molecule has 0 spiro atoms. The number of fused-ring (bicyclic) bond motifs is 1. The fraction of sp³-hybridized carbons (Fsp3) is 0.471. The molecule has 2 aromatic rings. The average Bonchev–Trinajstić information content (AvgIpc) is 2.78. The second-order valence-electron chi connectivity index (χ2n) is 6.10. The van der Waals surface area contributed by atoms with Gasteiger partial charge in [-0.1, -0.05) is 18.2 Å². The lowest BCUT2D eigenvalue weighted by Crippen LogP contribution is -2.33. The number of aliphatic carboxylic acids is 1. The largest absolute Gasteiger partial charge is 0.481 e. The van der Waals surface area contributed by atoms with E-state index >= 15 is 0 Å². The SMILES string of the molecule is Cn1cc(CN2CCC(CC(=O)O)CC2)c2ccccc21. The first kappa shape index (κ1) is 14.1. The molecule has 0 amide bonds. The van der Waals surface area contributed by atoms with E-state index in [1.807, 2.05) is 0 Å². The van der Waals surface area contributed by atoms with Crippen molar-refractivity contribution in [3.8, 4) is 0 Å². The van der Waals surface area contributed by atoms with Crippen LogP contribution in [-0.4, -0.2) is 33.6 Å². The van der Waals surface area contributed by atoms with Gasteiger partial charge in [0.25, 0.3) is 0 Å². The second-order valence-corrected chi connectivity index (χ2v) is 6.10. The van der Waals surface area contributed by atoms with Crippen LogP contribution < -0.4 is 0 Å². The molecule has 1 saturated heterocycles. The van der Waals surface area contributed by atoms with Crippen LogP contribution in [0.3, 0.4) is 0 Å². The van der Waals surface area contributed by atoms with Crippen molar-refractivity contribution in [1.29, 1.82) is 0 Å². The molecule has 0 radical (unpaired) electrons. The van der Waals surface area contributed by atoms with Crippen LogP contribution in [0.4, 0.5) is 0 Å². The van der Waals surface area contributed by atoms with E-state index in [-0.39, 0.29) is 0 Å². The smallest absolute Gasteiger partial charge is 0.303 e. The summed E-state index contributed by atoms with van der Waals surface area (Å²) in [5.41, 5.74) is 2.64. The topological polar surface area (TPSA) is 45.5 Å². The third-order valence-corrected chi connectivity index (χ3v) is 4.54. The van der Waals surface area contributed by atoms with Crippen molar-refractivity contribution < 1.29 is 9.90 Å². The third kappa shape index (κ3) is 3.10. The van der Waals surface area contributed by atoms with Crippen molar-refractivity contribution in [1.82, 2.24) is 9.47 Å². The van der Waals surface area contributed by atoms with Crippen LogP contribution in [-0.2, 0) is 18.4 Å². The van der Waals surface area contributed by atoms with E-state index in [2.05, 4.69) is 47.0 Å². The number of aromatic nitrogens is 1. The van der Waals surface area contributed by atoms with E-state index in [1.165, 1.54) is 16.5 Å². The molecule has 0 unspecified atom stereocenters. The van der Waals surface area contributed by atoms with Crippen LogP contribution in [0.25, 0.3) is 10.9 Å². The molecule has 4 heteroatoms. The van der Waals surface area contributed by atoms with Crippen molar-refractivity contribution in [3.05, 3.63) is 36.0 Å². The highest BCUT2D eigenvalue weighted by Gasteiger charge is 2.22. The summed E-state index contributed by atoms with van der Waals surface area (Å²) in [6.07, 6.45) is 4.53. The molecule has 0 saturated carbocycles. The zero-order valence-electron chi connectivity index (χ0n) is 12.5. The average molecular weight is 286 g/mol. The Morgan fingerprint density at radius 3 is 2.71 bits per heavy atom. The number of piperidine rings is 1. The standard InChI is InChI=1S/C17H22N2O2/c1-18-11-14(15-4-2-3-5-16(15)18)12-19-8-6-13(7-9-19)10-17(20)21/h2-5,11,13H,6-10,12H2,1H3,(H,20,21). The molecule has 3 rings (SSSR count). The van der Waals surface area contributed by atoms with Crippen LogP contribution in [0.5, 0.6) is 0 Å². The first-order valence-electron chi connectivity index (χ1n) is 7.60. The highest BCUT2D eigenvalue weighted by molar-refractivity contribution is 5.83. The van der Waals surface area contributed by atoms with E-state index in [0.29, 0.717) is 12.3 Å². The summed E-state index contributed by atoms with van der Waals surface area (Å²) >= 11 is 0. The van der Waals surface area contributed by atoms with Gasteiger partial charge in [-0.15, -0.1) is 0 Å². The maximum Gasteiger partial charge on any atom is 0.303 e. The fourth-order valence-corrected chi connectivity index (χ4v) is 3.39. The maximum atomic E-state index is 10.8. The Morgan fingerprint density at radius 2 is 2.00 bits per heavy atom. The Bertz CT molecular complexity index is 639. The van der Waals surface area contributed by atoms with Gasteiger partial charge in [0, 0.05) is 37.1 Å². The Balaban J connectivity index is 1.66. The number of hydrogen-bond donors (Lipinski definition) is 1. The van der Waals surface area contributed by atoms with Gasteiger partial charge in [-0.2, -0.15) is 0 Å². The van der Waals surface area contributed by atoms with E-state index in [9.17, 15) is 4.79 Å². The Morgan fingerprint density at radius 1 is 1.29 bits per heavy atom. The summed E-state index contributed by atoms with van der Waals surface area (Å²) < 4.78 is 2.18. The highest BCUT2D eigenvalue weighted by atomic mass is 16.4. The van der Waals surface area contributed by atoms with Gasteiger partial charge in [-0.3, -0.25) is 9.69 Å². The fourth-order valence-electron chi connectivity index (χ4n) is 3.39. The Kier molecular flexibility index (Phi) is 3.97. The highest BCUT2D eigenvalue weighted by Crippen LogP contribution is 2.25. The summed E-state index contributed by atoms with van der Waals surface area (Å²) in [6.45, 7) is 2.96. The molecule has 1 fully saturated rings. The minimum absolute atomic E-state index is 0.322. The normalized spacial score (nSPS) is 17.4. The summed E-state index contributed by atoms with van der Waals surface area (Å²) in [4.78, 5) is 13.2. The van der Waals surface area contributed by atoms with Gasteiger partial charge in [0.15, 0.2) is 0 Å². The Hall–Kier alpha value is -1.81. The van der Waals surface area contributed by atoms with E-state index < -0.39 is 5.97 Å². The van der Waals surface area contributed by atoms with Crippen LogP contribution in [0.1, 0.15) is 24.8 Å². The van der Waals surface area contributed by atoms with Crippen molar-refractivity contribution in [3.63, 3.8) is 0 Å². The predicted molar refractivity (Wildman–Crippen MR) is 83.2 cm³/mol. The van der Waals surface area contributed by atoms with Gasteiger partial charge in [0.05, 0.1) is 0 Å². The number of carbonyl (C=O) groups is 1. The number of carboxylic acid groups (broad SMARTS) is 1. The van der Waals surface area contributed by atoms with E-state index in [4.69, 9.17) is 5.11 Å². The maximum absolute atomic E-state index is 10.8. The monoisotopic (exact) mass is 286 g/mol. The van der Waals surface area contributed by atoms with Crippen LogP contribution in [0, 0.1) is 5.92 Å². The van der Waals surface area contributed by atoms with Crippen molar-refractivity contribution in [2.24, 2.45) is 13.0 Å². The zero-order valence-corrected chi connectivity index (χ0v) is 12.5. The molecule has 2 heterocycles. The van der Waals surface area contributed by atoms with Crippen molar-refractivity contribution in [2.75, 3.05) is 13.1 Å². The molecular formula is C17H22N2O2. The van der Waals surface area contributed by atoms with Crippen LogP contribution in [0.2, 0.25) is 0 Å². The number of hydrogen-bond acceptors (Lipinski definition) is 2. The van der Waals surface area contributed by atoms with Gasteiger partial charge < -0.3 is 9.67 Å². The molecule has 1 N–H and O–H groups in total. The summed E-state index contributed by atoms with van der Waals surface area (Å²) in [7, 11) is 2.09. The predicted octanol–water partition coefficient (Wildman–Crippen LogP) is 2.87. The van der Waals surface area contributed by atoms with Crippen molar-refractivity contribution >= 4 is 16.9 Å². The number of rotatable bonds is 4. The molecule has 1 aromatic carbocycles. The molecule has 4 nitrogen and oxygen atoms in total. The van der Waals surface area contributed by atoms with Crippen molar-refractivity contribution in [2.45, 2.75) is 25.8 Å². The third-order valence-electron chi connectivity index (χ3n) is 4.54. The quantitative estimate of drug-likeness (QED) is 0.940. The molecule has 0 atom stereocenters. The molecule has 0 bridgehead atoms. The first-order valence-corrected chi connectivity index (χ1v) is 7.60. The number of benzene rings is 1. The van der Waals surface area contributed by atoms with Crippen LogP contribution >= 0.6 is 0 Å². The number of nitrogens with zero attached hydrogens (tertiary/aromatic N) is 2. The van der Waals surface area contributed by atoms with Gasteiger partial charge in [0.1, 0.15) is 0 Å². The Labute approximate surface area is 125 Å². The minimum Gasteiger partial charge on any atom is -0.481 e. The molecule has 21 heavy (non-hydrogen) atoms. The van der Waals surface area contributed by atoms with Gasteiger partial charge in [-0.25, -0.2) is 0 Å². The lowest BCUT2D eigenvalue weighted by atomic mass is 9.93. The number of para-hydroxylation sites is 1. The second kappa shape index (κ2) is 5.90. The number of carboxylic acids is 1. The zero-order chi connectivity index (χ0) is 14.8. The molecular weight excluding hydrogens is 264 g/mol. The summed E-state index contributed by atoms with van der Waals surface area (Å²) in [6, 6.07) is 8.49. The first-order chi connectivity index (χ1) is 10.1. The number of aryl methyl sites for hydroxylation is 1. The van der Waals surface area contributed by atoms with E-state index in [0.717, 1.165) is 32.5 Å². The molecule has 1 aromatic heterocycles. The summed E-state index contributed by atoms with van der Waals surface area (Å²) in [5.74, 6) is -0.311. The molecule has 112 valence electrons. The van der Waals surface area contributed by atoms with Gasteiger partial charge in [-0.05, 0) is 43.5 Å². The summed E-state index contributed by atoms with van der Waals surface area (Å²) in [5, 5.41) is 10.2. The molecule has 1 aliphatic heterocycles. The van der Waals surface area contributed by atoms with Gasteiger partial charge >= 0.3 is 5.97 Å². The van der Waals surface area contributed by atoms with Crippen LogP contribution in [0.15, 0.2) is 30.5 Å².